The number of amides is 1. The molecule has 0 N–H and O–H groups in total. The summed E-state index contributed by atoms with van der Waals surface area (Å²) in [5.41, 5.74) is 2.93. The van der Waals surface area contributed by atoms with Gasteiger partial charge in [-0.1, -0.05) is 26.3 Å². The fourth-order valence-electron chi connectivity index (χ4n) is 2.42. The first kappa shape index (κ1) is 16.2. The highest BCUT2D eigenvalue weighted by Gasteiger charge is 2.16. The molecule has 0 spiro atoms. The lowest BCUT2D eigenvalue weighted by atomic mass is 10.0. The number of aromatic nitrogens is 2. The van der Waals surface area contributed by atoms with Crippen molar-refractivity contribution in [1.29, 1.82) is 0 Å². The number of hydrogen-bond acceptors (Lipinski definition) is 4. The topological polar surface area (TPSA) is 59.2 Å². The molecule has 5 nitrogen and oxygen atoms in total. The van der Waals surface area contributed by atoms with Crippen molar-refractivity contribution in [2.24, 2.45) is 0 Å². The van der Waals surface area contributed by atoms with Crippen LogP contribution >= 0.6 is 0 Å². The van der Waals surface area contributed by atoms with Crippen molar-refractivity contribution in [1.82, 2.24) is 10.2 Å². The van der Waals surface area contributed by atoms with Crippen LogP contribution in [0, 0.1) is 6.92 Å². The fraction of sp³-hybridized carbons (Fsp3) is 0.471. The monoisotopic (exact) mass is 301 g/mol. The minimum Gasteiger partial charge on any atom is -0.421 e. The molecule has 0 aliphatic carbocycles. The lowest BCUT2D eigenvalue weighted by Crippen LogP contribution is -2.26. The molecule has 0 aliphatic rings. The molecule has 0 fully saturated rings. The molecule has 0 radical (unpaired) electrons. The van der Waals surface area contributed by atoms with Gasteiger partial charge in [0.25, 0.3) is 0 Å². The van der Waals surface area contributed by atoms with E-state index in [1.807, 2.05) is 32.2 Å². The SMILES string of the molecule is CCCC(=O)N(C)c1cc(-c2nnc(C)o2)ccc1CCC. The Morgan fingerprint density at radius 1 is 1.23 bits per heavy atom. The zero-order valence-electron chi connectivity index (χ0n) is 13.7. The first-order valence-corrected chi connectivity index (χ1v) is 7.76. The lowest BCUT2D eigenvalue weighted by Gasteiger charge is -2.21. The van der Waals surface area contributed by atoms with Gasteiger partial charge in [-0.05, 0) is 30.5 Å². The molecule has 1 amide bonds. The molecular weight excluding hydrogens is 278 g/mol. The third-order valence-corrected chi connectivity index (χ3v) is 3.58. The second kappa shape index (κ2) is 7.20. The first-order chi connectivity index (χ1) is 10.6. The van der Waals surface area contributed by atoms with Crippen molar-refractivity contribution in [2.45, 2.75) is 46.5 Å². The summed E-state index contributed by atoms with van der Waals surface area (Å²) in [5.74, 6) is 1.14. The van der Waals surface area contributed by atoms with Gasteiger partial charge in [-0.25, -0.2) is 0 Å². The van der Waals surface area contributed by atoms with E-state index in [0.717, 1.165) is 36.1 Å². The predicted molar refractivity (Wildman–Crippen MR) is 86.8 cm³/mol. The summed E-state index contributed by atoms with van der Waals surface area (Å²) in [7, 11) is 1.83. The molecule has 1 aromatic heterocycles. The van der Waals surface area contributed by atoms with Crippen molar-refractivity contribution in [3.8, 4) is 11.5 Å². The summed E-state index contributed by atoms with van der Waals surface area (Å²) in [6, 6.07) is 5.98. The molecule has 0 atom stereocenters. The number of rotatable bonds is 6. The van der Waals surface area contributed by atoms with Gasteiger partial charge in [0.15, 0.2) is 0 Å². The highest BCUT2D eigenvalue weighted by molar-refractivity contribution is 5.94. The van der Waals surface area contributed by atoms with Crippen molar-refractivity contribution < 1.29 is 9.21 Å². The molecule has 0 bridgehead atoms. The van der Waals surface area contributed by atoms with Crippen molar-refractivity contribution in [3.63, 3.8) is 0 Å². The van der Waals surface area contributed by atoms with Crippen molar-refractivity contribution in [2.75, 3.05) is 11.9 Å². The number of carbonyl (C=O) groups excluding carboxylic acids is 1. The molecule has 118 valence electrons. The van der Waals surface area contributed by atoms with Crippen LogP contribution in [0.25, 0.3) is 11.5 Å². The zero-order valence-corrected chi connectivity index (χ0v) is 13.7. The van der Waals surface area contributed by atoms with E-state index in [9.17, 15) is 4.79 Å². The van der Waals surface area contributed by atoms with Gasteiger partial charge in [-0.15, -0.1) is 10.2 Å². The van der Waals surface area contributed by atoms with Gasteiger partial charge in [-0.2, -0.15) is 0 Å². The van der Waals surface area contributed by atoms with Gasteiger partial charge < -0.3 is 9.32 Å². The van der Waals surface area contributed by atoms with Crippen LogP contribution in [0.2, 0.25) is 0 Å². The molecule has 0 saturated carbocycles. The highest BCUT2D eigenvalue weighted by atomic mass is 16.4. The molecular formula is C17H23N3O2. The average molecular weight is 301 g/mol. The molecule has 1 heterocycles. The van der Waals surface area contributed by atoms with Gasteiger partial charge in [0.2, 0.25) is 17.7 Å². The summed E-state index contributed by atoms with van der Waals surface area (Å²) in [4.78, 5) is 14.0. The minimum atomic E-state index is 0.124. The number of aryl methyl sites for hydroxylation is 2. The van der Waals surface area contributed by atoms with Gasteiger partial charge in [-0.3, -0.25) is 4.79 Å². The van der Waals surface area contributed by atoms with Crippen LogP contribution in [0.4, 0.5) is 5.69 Å². The van der Waals surface area contributed by atoms with Crippen LogP contribution < -0.4 is 4.90 Å². The van der Waals surface area contributed by atoms with Crippen LogP contribution in [0.3, 0.4) is 0 Å². The summed E-state index contributed by atoms with van der Waals surface area (Å²) in [6.07, 6.45) is 3.35. The van der Waals surface area contributed by atoms with E-state index in [1.165, 1.54) is 0 Å². The maximum absolute atomic E-state index is 12.2. The van der Waals surface area contributed by atoms with E-state index in [2.05, 4.69) is 17.1 Å². The van der Waals surface area contributed by atoms with Gasteiger partial charge in [0.1, 0.15) is 0 Å². The van der Waals surface area contributed by atoms with E-state index in [-0.39, 0.29) is 5.91 Å². The van der Waals surface area contributed by atoms with Gasteiger partial charge in [0, 0.05) is 31.6 Å². The Kier molecular flexibility index (Phi) is 5.31. The number of carbonyl (C=O) groups is 1. The molecule has 2 aromatic rings. The quantitative estimate of drug-likeness (QED) is 0.815. The van der Waals surface area contributed by atoms with Gasteiger partial charge >= 0.3 is 0 Å². The minimum absolute atomic E-state index is 0.124. The second-order valence-corrected chi connectivity index (χ2v) is 5.42. The van der Waals surface area contributed by atoms with Crippen LogP contribution in [0.15, 0.2) is 22.6 Å². The normalized spacial score (nSPS) is 10.7. The molecule has 22 heavy (non-hydrogen) atoms. The van der Waals surface area contributed by atoms with Gasteiger partial charge in [0.05, 0.1) is 0 Å². The van der Waals surface area contributed by atoms with Crippen LogP contribution in [0.1, 0.15) is 44.6 Å². The number of anilines is 1. The molecule has 2 rings (SSSR count). The Labute approximate surface area is 131 Å². The smallest absolute Gasteiger partial charge is 0.247 e. The standard InChI is InChI=1S/C17H23N3O2/c1-5-7-13-9-10-14(17-19-18-12(3)22-17)11-15(13)20(4)16(21)8-6-2/h9-11H,5-8H2,1-4H3. The highest BCUT2D eigenvalue weighted by Crippen LogP contribution is 2.28. The summed E-state index contributed by atoms with van der Waals surface area (Å²) in [5, 5.41) is 7.92. The Morgan fingerprint density at radius 3 is 2.59 bits per heavy atom. The van der Waals surface area contributed by atoms with E-state index in [4.69, 9.17) is 4.42 Å². The predicted octanol–water partition coefficient (Wildman–Crippen LogP) is 3.76. The summed E-state index contributed by atoms with van der Waals surface area (Å²) in [6.45, 7) is 5.91. The number of nitrogens with zero attached hydrogens (tertiary/aromatic N) is 3. The van der Waals surface area contributed by atoms with Crippen LogP contribution in [0.5, 0.6) is 0 Å². The Balaban J connectivity index is 2.41. The summed E-state index contributed by atoms with van der Waals surface area (Å²) >= 11 is 0. The van der Waals surface area contributed by atoms with E-state index in [0.29, 0.717) is 18.2 Å². The summed E-state index contributed by atoms with van der Waals surface area (Å²) < 4.78 is 5.49. The van der Waals surface area contributed by atoms with Crippen molar-refractivity contribution >= 4 is 11.6 Å². The fourth-order valence-corrected chi connectivity index (χ4v) is 2.42. The molecule has 0 aliphatic heterocycles. The second-order valence-electron chi connectivity index (χ2n) is 5.42. The van der Waals surface area contributed by atoms with E-state index in [1.54, 1.807) is 11.8 Å². The zero-order chi connectivity index (χ0) is 16.1. The van der Waals surface area contributed by atoms with Crippen LogP contribution in [-0.4, -0.2) is 23.2 Å². The number of hydrogen-bond donors (Lipinski definition) is 0. The molecule has 0 saturated heterocycles. The van der Waals surface area contributed by atoms with E-state index >= 15 is 0 Å². The molecule has 5 heteroatoms. The average Bonchev–Trinajstić information content (AvgIpc) is 2.94. The Morgan fingerprint density at radius 2 is 2.00 bits per heavy atom. The Hall–Kier alpha value is -2.17. The largest absolute Gasteiger partial charge is 0.421 e. The van der Waals surface area contributed by atoms with Crippen LogP contribution in [-0.2, 0) is 11.2 Å². The molecule has 1 aromatic carbocycles. The Bertz CT molecular complexity index is 649. The first-order valence-electron chi connectivity index (χ1n) is 7.76. The lowest BCUT2D eigenvalue weighted by molar-refractivity contribution is -0.118. The molecule has 0 unspecified atom stereocenters. The van der Waals surface area contributed by atoms with E-state index < -0.39 is 0 Å². The maximum atomic E-state index is 12.2. The maximum Gasteiger partial charge on any atom is 0.247 e. The third-order valence-electron chi connectivity index (χ3n) is 3.58. The van der Waals surface area contributed by atoms with Crippen molar-refractivity contribution in [3.05, 3.63) is 29.7 Å². The number of benzene rings is 1. The third kappa shape index (κ3) is 3.53.